The van der Waals surface area contributed by atoms with Crippen LogP contribution in [0.3, 0.4) is 0 Å². The summed E-state index contributed by atoms with van der Waals surface area (Å²) in [5.41, 5.74) is 4.02. The van der Waals surface area contributed by atoms with Gasteiger partial charge < -0.3 is 0 Å². The highest BCUT2D eigenvalue weighted by Gasteiger charge is 1.96. The molecule has 0 saturated carbocycles. The van der Waals surface area contributed by atoms with Crippen molar-refractivity contribution in [2.45, 2.75) is 6.61 Å². The Kier molecular flexibility index (Phi) is 5.03. The zero-order chi connectivity index (χ0) is 14.2. The molecular weight excluding hydrogens is 257 g/mol. The van der Waals surface area contributed by atoms with Gasteiger partial charge in [-0.1, -0.05) is 42.5 Å². The van der Waals surface area contributed by atoms with E-state index < -0.39 is 0 Å². The van der Waals surface area contributed by atoms with Crippen LogP contribution in [0.25, 0.3) is 6.08 Å². The van der Waals surface area contributed by atoms with Gasteiger partial charge in [-0.3, -0.25) is 9.63 Å². The molecule has 0 aliphatic carbocycles. The summed E-state index contributed by atoms with van der Waals surface area (Å²) in [5, 5.41) is 0. The summed E-state index contributed by atoms with van der Waals surface area (Å²) >= 11 is 0. The van der Waals surface area contributed by atoms with E-state index >= 15 is 0 Å². The first kappa shape index (κ1) is 14.0. The van der Waals surface area contributed by atoms with Crippen molar-refractivity contribution in [2.75, 3.05) is 0 Å². The third-order valence-electron chi connectivity index (χ3n) is 2.55. The van der Waals surface area contributed by atoms with Crippen molar-refractivity contribution < 1.29 is 14.0 Å². The fourth-order valence-electron chi connectivity index (χ4n) is 1.54. The Morgan fingerprint density at radius 1 is 1.10 bits per heavy atom. The second-order valence-corrected chi connectivity index (χ2v) is 4.13. The smallest absolute Gasteiger partial charge is 0.267 e. The Morgan fingerprint density at radius 3 is 2.50 bits per heavy atom. The molecule has 0 fully saturated rings. The van der Waals surface area contributed by atoms with Crippen LogP contribution in [-0.2, 0) is 16.2 Å². The molecule has 0 spiro atoms. The van der Waals surface area contributed by atoms with Crippen LogP contribution >= 0.6 is 0 Å². The van der Waals surface area contributed by atoms with Gasteiger partial charge in [0, 0.05) is 6.08 Å². The zero-order valence-electron chi connectivity index (χ0n) is 10.8. The van der Waals surface area contributed by atoms with E-state index in [0.29, 0.717) is 6.61 Å². The lowest BCUT2D eigenvalue weighted by Gasteiger charge is -2.03. The fraction of sp³-hybridized carbons (Fsp3) is 0.0625. The first-order valence-corrected chi connectivity index (χ1v) is 6.13. The minimum atomic E-state index is -0.370. The minimum Gasteiger partial charge on any atom is -0.269 e. The van der Waals surface area contributed by atoms with Gasteiger partial charge in [-0.15, -0.1) is 0 Å². The zero-order valence-corrected chi connectivity index (χ0v) is 10.8. The summed E-state index contributed by atoms with van der Waals surface area (Å²) in [4.78, 5) is 16.6. The van der Waals surface area contributed by atoms with E-state index in [1.807, 2.05) is 30.3 Å². The Balaban J connectivity index is 1.76. The topological polar surface area (TPSA) is 38.3 Å². The van der Waals surface area contributed by atoms with Crippen molar-refractivity contribution in [1.82, 2.24) is 5.48 Å². The molecule has 2 rings (SSSR count). The van der Waals surface area contributed by atoms with Gasteiger partial charge in [-0.2, -0.15) is 0 Å². The maximum atomic E-state index is 12.7. The Bertz CT molecular complexity index is 579. The molecule has 0 heterocycles. The number of nitrogens with one attached hydrogen (secondary N) is 1. The number of amides is 1. The Labute approximate surface area is 116 Å². The summed E-state index contributed by atoms with van der Waals surface area (Å²) in [6.07, 6.45) is 2.92. The number of halogens is 1. The molecular formula is C16H14FNO2. The molecule has 0 radical (unpaired) electrons. The molecule has 1 amide bonds. The molecule has 2 aromatic carbocycles. The van der Waals surface area contributed by atoms with Crippen molar-refractivity contribution in [3.8, 4) is 0 Å². The van der Waals surface area contributed by atoms with Crippen molar-refractivity contribution in [1.29, 1.82) is 0 Å². The van der Waals surface area contributed by atoms with Crippen molar-refractivity contribution in [3.63, 3.8) is 0 Å². The number of carbonyl (C=O) groups is 1. The highest BCUT2D eigenvalue weighted by atomic mass is 19.1. The van der Waals surface area contributed by atoms with Gasteiger partial charge in [-0.25, -0.2) is 9.87 Å². The van der Waals surface area contributed by atoms with Crippen LogP contribution in [0.1, 0.15) is 11.1 Å². The highest BCUT2D eigenvalue weighted by molar-refractivity contribution is 5.90. The summed E-state index contributed by atoms with van der Waals surface area (Å²) in [7, 11) is 0. The van der Waals surface area contributed by atoms with E-state index in [9.17, 15) is 9.18 Å². The van der Waals surface area contributed by atoms with E-state index in [1.165, 1.54) is 18.2 Å². The number of rotatable bonds is 5. The molecule has 2 aromatic rings. The Hall–Kier alpha value is -2.46. The van der Waals surface area contributed by atoms with E-state index in [0.717, 1.165) is 11.1 Å². The van der Waals surface area contributed by atoms with Crippen LogP contribution in [0.2, 0.25) is 0 Å². The molecule has 0 aromatic heterocycles. The Morgan fingerprint density at radius 2 is 1.80 bits per heavy atom. The second-order valence-electron chi connectivity index (χ2n) is 4.13. The summed E-state index contributed by atoms with van der Waals surface area (Å²) in [6, 6.07) is 15.4. The SMILES string of the molecule is O=C(/C=C/c1ccc(F)cc1)NOCc1ccccc1. The van der Waals surface area contributed by atoms with Crippen LogP contribution in [0, 0.1) is 5.82 Å². The standard InChI is InChI=1S/C16H14FNO2/c17-15-9-6-13(7-10-15)8-11-16(19)18-20-12-14-4-2-1-3-5-14/h1-11H,12H2,(H,18,19)/b11-8+. The van der Waals surface area contributed by atoms with Crippen molar-refractivity contribution in [2.24, 2.45) is 0 Å². The van der Waals surface area contributed by atoms with Gasteiger partial charge in [0.2, 0.25) is 0 Å². The molecule has 0 atom stereocenters. The number of hydroxylamine groups is 1. The molecule has 102 valence electrons. The predicted molar refractivity (Wildman–Crippen MR) is 74.8 cm³/mol. The molecule has 4 heteroatoms. The van der Waals surface area contributed by atoms with Crippen LogP contribution in [0.15, 0.2) is 60.7 Å². The lowest BCUT2D eigenvalue weighted by Crippen LogP contribution is -2.21. The monoisotopic (exact) mass is 271 g/mol. The van der Waals surface area contributed by atoms with Gasteiger partial charge in [-0.05, 0) is 29.3 Å². The van der Waals surface area contributed by atoms with Crippen LogP contribution in [-0.4, -0.2) is 5.91 Å². The third kappa shape index (κ3) is 4.66. The van der Waals surface area contributed by atoms with Gasteiger partial charge in [0.25, 0.3) is 5.91 Å². The molecule has 0 bridgehead atoms. The van der Waals surface area contributed by atoms with Crippen LogP contribution in [0.5, 0.6) is 0 Å². The average Bonchev–Trinajstić information content (AvgIpc) is 2.48. The van der Waals surface area contributed by atoms with Gasteiger partial charge >= 0.3 is 0 Å². The van der Waals surface area contributed by atoms with Gasteiger partial charge in [0.1, 0.15) is 5.82 Å². The van der Waals surface area contributed by atoms with Crippen LogP contribution < -0.4 is 5.48 Å². The van der Waals surface area contributed by atoms with E-state index in [4.69, 9.17) is 4.84 Å². The van der Waals surface area contributed by atoms with E-state index in [2.05, 4.69) is 5.48 Å². The lowest BCUT2D eigenvalue weighted by atomic mass is 10.2. The van der Waals surface area contributed by atoms with E-state index in [1.54, 1.807) is 18.2 Å². The number of hydrogen-bond donors (Lipinski definition) is 1. The maximum Gasteiger partial charge on any atom is 0.267 e. The fourth-order valence-corrected chi connectivity index (χ4v) is 1.54. The normalized spacial score (nSPS) is 10.7. The summed E-state index contributed by atoms with van der Waals surface area (Å²) < 4.78 is 12.7. The minimum absolute atomic E-state index is 0.303. The number of hydrogen-bond acceptors (Lipinski definition) is 2. The number of carbonyl (C=O) groups excluding carboxylic acids is 1. The average molecular weight is 271 g/mol. The summed E-state index contributed by atoms with van der Waals surface area (Å²) in [5.74, 6) is -0.678. The predicted octanol–water partition coefficient (Wildman–Crippen LogP) is 3.09. The molecule has 0 aliphatic rings. The van der Waals surface area contributed by atoms with Crippen LogP contribution in [0.4, 0.5) is 4.39 Å². The molecule has 0 unspecified atom stereocenters. The second kappa shape index (κ2) is 7.21. The van der Waals surface area contributed by atoms with Gasteiger partial charge in [0.15, 0.2) is 0 Å². The largest absolute Gasteiger partial charge is 0.269 e. The van der Waals surface area contributed by atoms with Crippen molar-refractivity contribution >= 4 is 12.0 Å². The van der Waals surface area contributed by atoms with Crippen molar-refractivity contribution in [3.05, 3.63) is 77.6 Å². The van der Waals surface area contributed by atoms with E-state index in [-0.39, 0.29) is 11.7 Å². The molecule has 0 saturated heterocycles. The first-order valence-electron chi connectivity index (χ1n) is 6.13. The first-order chi connectivity index (χ1) is 9.74. The molecule has 3 nitrogen and oxygen atoms in total. The molecule has 1 N–H and O–H groups in total. The van der Waals surface area contributed by atoms with Gasteiger partial charge in [0.05, 0.1) is 6.61 Å². The maximum absolute atomic E-state index is 12.7. The molecule has 20 heavy (non-hydrogen) atoms. The number of benzene rings is 2. The lowest BCUT2D eigenvalue weighted by molar-refractivity contribution is -0.129. The molecule has 0 aliphatic heterocycles. The third-order valence-corrected chi connectivity index (χ3v) is 2.55. The quantitative estimate of drug-likeness (QED) is 0.670. The highest BCUT2D eigenvalue weighted by Crippen LogP contribution is 2.04. The summed E-state index contributed by atoms with van der Waals surface area (Å²) in [6.45, 7) is 0.303.